The van der Waals surface area contributed by atoms with E-state index >= 15 is 0 Å². The molecule has 1 amide bonds. The molecule has 122 valence electrons. The number of nitrogens with zero attached hydrogens (tertiary/aromatic N) is 1. The molecular weight excluding hydrogens is 326 g/mol. The number of hydrogen-bond acceptors (Lipinski definition) is 3. The Kier molecular flexibility index (Phi) is 4.82. The topological polar surface area (TPSA) is 67.0 Å². The van der Waals surface area contributed by atoms with Crippen LogP contribution in [0.1, 0.15) is 21.6 Å². The van der Waals surface area contributed by atoms with E-state index in [-0.39, 0.29) is 5.91 Å². The molecule has 0 bridgehead atoms. The summed E-state index contributed by atoms with van der Waals surface area (Å²) in [6.07, 6.45) is 5.18. The lowest BCUT2D eigenvalue weighted by atomic mass is 10.2. The number of pyridine rings is 1. The van der Waals surface area contributed by atoms with Crippen LogP contribution in [0.5, 0.6) is 5.75 Å². The van der Waals surface area contributed by atoms with Gasteiger partial charge in [0.15, 0.2) is 0 Å². The highest BCUT2D eigenvalue weighted by Crippen LogP contribution is 2.28. The van der Waals surface area contributed by atoms with Crippen LogP contribution in [-0.4, -0.2) is 15.9 Å². The van der Waals surface area contributed by atoms with Gasteiger partial charge in [0.2, 0.25) is 0 Å². The molecule has 2 aromatic heterocycles. The lowest BCUT2D eigenvalue weighted by molar-refractivity contribution is 0.102. The average Bonchev–Trinajstić information content (AvgIpc) is 3.01. The minimum Gasteiger partial charge on any atom is -0.487 e. The fourth-order valence-electron chi connectivity index (χ4n) is 2.24. The number of hydrogen-bond donors (Lipinski definition) is 2. The second kappa shape index (κ2) is 7.19. The van der Waals surface area contributed by atoms with Gasteiger partial charge in [-0.3, -0.25) is 9.78 Å². The van der Waals surface area contributed by atoms with Crippen LogP contribution in [0.4, 0.5) is 5.69 Å². The summed E-state index contributed by atoms with van der Waals surface area (Å²) < 4.78 is 5.68. The molecule has 5 nitrogen and oxygen atoms in total. The molecule has 2 heterocycles. The number of ether oxygens (including phenoxy) is 1. The fourth-order valence-corrected chi connectivity index (χ4v) is 2.47. The molecule has 0 unspecified atom stereocenters. The van der Waals surface area contributed by atoms with Gasteiger partial charge in [0.05, 0.1) is 10.6 Å². The van der Waals surface area contributed by atoms with Crippen LogP contribution in [0.15, 0.2) is 55.0 Å². The van der Waals surface area contributed by atoms with Crippen molar-refractivity contribution < 1.29 is 9.53 Å². The Morgan fingerprint density at radius 2 is 2.21 bits per heavy atom. The molecule has 0 radical (unpaired) electrons. The van der Waals surface area contributed by atoms with Crippen LogP contribution in [-0.2, 0) is 6.61 Å². The standard InChI is InChI=1S/C18H16ClN3O2/c1-12-15(6-8-21-12)18(23)22-14-4-5-17(16(19)9-14)24-11-13-3-2-7-20-10-13/h2-10,21H,11H2,1H3,(H,22,23). The van der Waals surface area contributed by atoms with Gasteiger partial charge in [-0.25, -0.2) is 0 Å². The van der Waals surface area contributed by atoms with Crippen LogP contribution in [0.3, 0.4) is 0 Å². The SMILES string of the molecule is Cc1[nH]ccc1C(=O)Nc1ccc(OCc2cccnc2)c(Cl)c1. The Hall–Kier alpha value is -2.79. The van der Waals surface area contributed by atoms with Crippen molar-refractivity contribution in [2.24, 2.45) is 0 Å². The highest BCUT2D eigenvalue weighted by Gasteiger charge is 2.11. The predicted octanol–water partition coefficient (Wildman–Crippen LogP) is 4.20. The molecule has 0 saturated heterocycles. The van der Waals surface area contributed by atoms with E-state index in [2.05, 4.69) is 15.3 Å². The van der Waals surface area contributed by atoms with Gasteiger partial charge < -0.3 is 15.0 Å². The third-order valence-electron chi connectivity index (χ3n) is 3.51. The van der Waals surface area contributed by atoms with Gasteiger partial charge >= 0.3 is 0 Å². The third-order valence-corrected chi connectivity index (χ3v) is 3.80. The zero-order chi connectivity index (χ0) is 16.9. The Morgan fingerprint density at radius 1 is 1.33 bits per heavy atom. The van der Waals surface area contributed by atoms with Crippen molar-refractivity contribution in [3.63, 3.8) is 0 Å². The first-order chi connectivity index (χ1) is 11.6. The molecule has 0 fully saturated rings. The Balaban J connectivity index is 1.66. The van der Waals surface area contributed by atoms with Crippen molar-refractivity contribution in [3.05, 3.63) is 76.8 Å². The van der Waals surface area contributed by atoms with Crippen molar-refractivity contribution in [1.82, 2.24) is 9.97 Å². The monoisotopic (exact) mass is 341 g/mol. The lowest BCUT2D eigenvalue weighted by Gasteiger charge is -2.10. The van der Waals surface area contributed by atoms with E-state index in [0.29, 0.717) is 28.6 Å². The summed E-state index contributed by atoms with van der Waals surface area (Å²) in [7, 11) is 0. The molecule has 0 atom stereocenters. The summed E-state index contributed by atoms with van der Waals surface area (Å²) >= 11 is 6.24. The number of aromatic nitrogens is 2. The van der Waals surface area contributed by atoms with E-state index in [9.17, 15) is 4.79 Å². The largest absolute Gasteiger partial charge is 0.487 e. The maximum atomic E-state index is 12.2. The highest BCUT2D eigenvalue weighted by molar-refractivity contribution is 6.32. The van der Waals surface area contributed by atoms with Crippen LogP contribution in [0.2, 0.25) is 5.02 Å². The molecule has 0 spiro atoms. The number of benzene rings is 1. The summed E-state index contributed by atoms with van der Waals surface area (Å²) in [5.41, 5.74) is 2.98. The van der Waals surface area contributed by atoms with Crippen molar-refractivity contribution in [1.29, 1.82) is 0 Å². The minimum atomic E-state index is -0.186. The molecule has 0 aliphatic carbocycles. The molecular formula is C18H16ClN3O2. The second-order valence-corrected chi connectivity index (χ2v) is 5.67. The van der Waals surface area contributed by atoms with Crippen LogP contribution in [0.25, 0.3) is 0 Å². The van der Waals surface area contributed by atoms with Gasteiger partial charge in [0.1, 0.15) is 12.4 Å². The number of aryl methyl sites for hydroxylation is 1. The molecule has 6 heteroatoms. The molecule has 3 aromatic rings. The number of halogens is 1. The second-order valence-electron chi connectivity index (χ2n) is 5.27. The average molecular weight is 342 g/mol. The molecule has 2 N–H and O–H groups in total. The summed E-state index contributed by atoms with van der Waals surface area (Å²) in [5, 5.41) is 3.25. The summed E-state index contributed by atoms with van der Waals surface area (Å²) in [4.78, 5) is 19.2. The molecule has 0 aliphatic heterocycles. The quantitative estimate of drug-likeness (QED) is 0.730. The number of carbonyl (C=O) groups excluding carboxylic acids is 1. The minimum absolute atomic E-state index is 0.186. The number of anilines is 1. The van der Waals surface area contributed by atoms with Gasteiger partial charge in [-0.15, -0.1) is 0 Å². The van der Waals surface area contributed by atoms with Gasteiger partial charge in [-0.2, -0.15) is 0 Å². The van der Waals surface area contributed by atoms with Crippen molar-refractivity contribution in [2.45, 2.75) is 13.5 Å². The highest BCUT2D eigenvalue weighted by atomic mass is 35.5. The normalized spacial score (nSPS) is 10.4. The lowest BCUT2D eigenvalue weighted by Crippen LogP contribution is -2.12. The van der Waals surface area contributed by atoms with E-state index in [1.54, 1.807) is 42.9 Å². The van der Waals surface area contributed by atoms with Crippen LogP contribution in [0, 0.1) is 6.92 Å². The molecule has 24 heavy (non-hydrogen) atoms. The zero-order valence-electron chi connectivity index (χ0n) is 13.0. The number of aromatic amines is 1. The Morgan fingerprint density at radius 3 is 2.88 bits per heavy atom. The Labute approximate surface area is 144 Å². The smallest absolute Gasteiger partial charge is 0.257 e. The van der Waals surface area contributed by atoms with Crippen molar-refractivity contribution >= 4 is 23.2 Å². The number of nitrogens with one attached hydrogen (secondary N) is 2. The fraction of sp³-hybridized carbons (Fsp3) is 0.111. The third kappa shape index (κ3) is 3.75. The number of carbonyl (C=O) groups is 1. The molecule has 3 rings (SSSR count). The van der Waals surface area contributed by atoms with Gasteiger partial charge in [0.25, 0.3) is 5.91 Å². The molecule has 0 aliphatic rings. The summed E-state index contributed by atoms with van der Waals surface area (Å²) in [5.74, 6) is 0.366. The number of amides is 1. The van der Waals surface area contributed by atoms with E-state index in [1.807, 2.05) is 19.1 Å². The maximum absolute atomic E-state index is 12.2. The van der Waals surface area contributed by atoms with E-state index in [4.69, 9.17) is 16.3 Å². The summed E-state index contributed by atoms with van der Waals surface area (Å²) in [6.45, 7) is 2.22. The van der Waals surface area contributed by atoms with Crippen LogP contribution < -0.4 is 10.1 Å². The first-order valence-corrected chi connectivity index (χ1v) is 7.78. The predicted molar refractivity (Wildman–Crippen MR) is 93.5 cm³/mol. The van der Waals surface area contributed by atoms with Crippen molar-refractivity contribution in [3.8, 4) is 5.75 Å². The van der Waals surface area contributed by atoms with E-state index in [0.717, 1.165) is 11.3 Å². The Bertz CT molecular complexity index is 846. The molecule has 1 aromatic carbocycles. The first kappa shape index (κ1) is 16.1. The van der Waals surface area contributed by atoms with Gasteiger partial charge in [-0.1, -0.05) is 17.7 Å². The molecule has 0 saturated carbocycles. The van der Waals surface area contributed by atoms with E-state index < -0.39 is 0 Å². The maximum Gasteiger partial charge on any atom is 0.257 e. The number of rotatable bonds is 5. The van der Waals surface area contributed by atoms with Crippen molar-refractivity contribution in [2.75, 3.05) is 5.32 Å². The summed E-state index contributed by atoms with van der Waals surface area (Å²) in [6, 6.07) is 10.7. The van der Waals surface area contributed by atoms with Gasteiger partial charge in [-0.05, 0) is 37.3 Å². The van der Waals surface area contributed by atoms with E-state index in [1.165, 1.54) is 0 Å². The zero-order valence-corrected chi connectivity index (χ0v) is 13.8. The van der Waals surface area contributed by atoms with Gasteiger partial charge in [0, 0.05) is 35.5 Å². The number of H-pyrrole nitrogens is 1. The van der Waals surface area contributed by atoms with Crippen LogP contribution >= 0.6 is 11.6 Å². The first-order valence-electron chi connectivity index (χ1n) is 7.40.